The van der Waals surface area contributed by atoms with Crippen molar-refractivity contribution in [3.8, 4) is 11.5 Å². The van der Waals surface area contributed by atoms with Crippen LogP contribution in [0.15, 0.2) is 48.5 Å². The number of rotatable bonds is 18. The molecule has 10 heteroatoms. The Morgan fingerprint density at radius 1 is 0.600 bits per heavy atom. The van der Waals surface area contributed by atoms with Gasteiger partial charge in [-0.3, -0.25) is 0 Å². The molecule has 2 rings (SSSR count). The van der Waals surface area contributed by atoms with E-state index in [0.717, 1.165) is 11.3 Å². The van der Waals surface area contributed by atoms with Gasteiger partial charge in [-0.05, 0) is 43.3 Å². The standard InChI is InChI=1S/C25H33NO9/c1-20-2-6-22(7-3-20)32-14-12-30-18-24(27)34-16-10-29-11-17-35-25(28)19-31-13-15-33-23-8-4-21(26)5-9-23/h2-9H,10-19,26H2,1H3. The molecule has 2 aromatic rings. The lowest BCUT2D eigenvalue weighted by Gasteiger charge is -2.09. The molecule has 0 heterocycles. The number of benzene rings is 2. The molecule has 0 spiro atoms. The lowest BCUT2D eigenvalue weighted by molar-refractivity contribution is -0.152. The smallest absolute Gasteiger partial charge is 0.332 e. The Labute approximate surface area is 205 Å². The second kappa shape index (κ2) is 17.1. The number of hydrogen-bond donors (Lipinski definition) is 1. The fourth-order valence-electron chi connectivity index (χ4n) is 2.56. The number of esters is 2. The van der Waals surface area contributed by atoms with Crippen molar-refractivity contribution in [1.29, 1.82) is 0 Å². The summed E-state index contributed by atoms with van der Waals surface area (Å²) in [5.74, 6) is 0.422. The van der Waals surface area contributed by atoms with Crippen molar-refractivity contribution in [1.82, 2.24) is 0 Å². The fraction of sp³-hybridized carbons (Fsp3) is 0.440. The van der Waals surface area contributed by atoms with E-state index in [9.17, 15) is 9.59 Å². The summed E-state index contributed by atoms with van der Waals surface area (Å²) in [4.78, 5) is 23.2. The second-order valence-corrected chi connectivity index (χ2v) is 7.24. The molecule has 0 atom stereocenters. The van der Waals surface area contributed by atoms with E-state index in [4.69, 9.17) is 38.9 Å². The van der Waals surface area contributed by atoms with E-state index in [1.165, 1.54) is 0 Å². The van der Waals surface area contributed by atoms with Gasteiger partial charge in [0.05, 0.1) is 26.4 Å². The summed E-state index contributed by atoms with van der Waals surface area (Å²) < 4.78 is 36.6. The highest BCUT2D eigenvalue weighted by Gasteiger charge is 2.05. The lowest BCUT2D eigenvalue weighted by Crippen LogP contribution is -2.20. The highest BCUT2D eigenvalue weighted by Crippen LogP contribution is 2.13. The molecule has 192 valence electrons. The summed E-state index contributed by atoms with van der Waals surface area (Å²) in [6, 6.07) is 14.6. The van der Waals surface area contributed by atoms with E-state index < -0.39 is 11.9 Å². The van der Waals surface area contributed by atoms with Crippen LogP contribution in [0.1, 0.15) is 5.56 Å². The first-order valence-electron chi connectivity index (χ1n) is 11.3. The van der Waals surface area contributed by atoms with E-state index in [1.54, 1.807) is 24.3 Å². The molecule has 2 aromatic carbocycles. The third-order valence-electron chi connectivity index (χ3n) is 4.32. The minimum absolute atomic E-state index is 0.0716. The molecular formula is C25H33NO9. The molecule has 2 N–H and O–H groups in total. The van der Waals surface area contributed by atoms with Gasteiger partial charge < -0.3 is 38.9 Å². The number of anilines is 1. The van der Waals surface area contributed by atoms with Gasteiger partial charge in [-0.15, -0.1) is 0 Å². The van der Waals surface area contributed by atoms with Gasteiger partial charge in [-0.25, -0.2) is 9.59 Å². The summed E-state index contributed by atoms with van der Waals surface area (Å²) in [6.45, 7) is 3.29. The summed E-state index contributed by atoms with van der Waals surface area (Å²) in [6.07, 6.45) is 0. The monoisotopic (exact) mass is 491 g/mol. The molecule has 0 amide bonds. The molecule has 0 saturated heterocycles. The summed E-state index contributed by atoms with van der Waals surface area (Å²) in [5, 5.41) is 0. The predicted molar refractivity (Wildman–Crippen MR) is 127 cm³/mol. The maximum Gasteiger partial charge on any atom is 0.332 e. The molecule has 0 bridgehead atoms. The van der Waals surface area contributed by atoms with Gasteiger partial charge in [0.15, 0.2) is 0 Å². The zero-order chi connectivity index (χ0) is 25.1. The highest BCUT2D eigenvalue weighted by atomic mass is 16.6. The highest BCUT2D eigenvalue weighted by molar-refractivity contribution is 5.71. The number of carbonyl (C=O) groups excluding carboxylic acids is 2. The Hall–Kier alpha value is -3.34. The molecule has 0 aromatic heterocycles. The molecule has 0 aliphatic heterocycles. The first-order valence-corrected chi connectivity index (χ1v) is 11.3. The van der Waals surface area contributed by atoms with Crippen LogP contribution in [-0.2, 0) is 33.3 Å². The second-order valence-electron chi connectivity index (χ2n) is 7.24. The molecule has 35 heavy (non-hydrogen) atoms. The van der Waals surface area contributed by atoms with E-state index in [-0.39, 0.29) is 52.9 Å². The van der Waals surface area contributed by atoms with Crippen molar-refractivity contribution >= 4 is 17.6 Å². The molecule has 0 fully saturated rings. The Kier molecular flexibility index (Phi) is 13.7. The Morgan fingerprint density at radius 2 is 1.03 bits per heavy atom. The largest absolute Gasteiger partial charge is 0.491 e. The zero-order valence-corrected chi connectivity index (χ0v) is 19.9. The van der Waals surface area contributed by atoms with Crippen LogP contribution < -0.4 is 15.2 Å². The average molecular weight is 492 g/mol. The van der Waals surface area contributed by atoms with Crippen molar-refractivity contribution in [3.05, 3.63) is 54.1 Å². The van der Waals surface area contributed by atoms with E-state index in [2.05, 4.69) is 0 Å². The van der Waals surface area contributed by atoms with Crippen LogP contribution in [0.5, 0.6) is 11.5 Å². The van der Waals surface area contributed by atoms with Crippen LogP contribution in [0.4, 0.5) is 5.69 Å². The quantitative estimate of drug-likeness (QED) is 0.188. The molecule has 0 aliphatic rings. The molecule has 10 nitrogen and oxygen atoms in total. The molecule has 0 saturated carbocycles. The van der Waals surface area contributed by atoms with Crippen molar-refractivity contribution in [2.45, 2.75) is 6.92 Å². The normalized spacial score (nSPS) is 10.5. The topological polar surface area (TPSA) is 125 Å². The van der Waals surface area contributed by atoms with Crippen molar-refractivity contribution < 1.29 is 42.7 Å². The Morgan fingerprint density at radius 3 is 1.51 bits per heavy atom. The fourth-order valence-corrected chi connectivity index (χ4v) is 2.56. The minimum Gasteiger partial charge on any atom is -0.491 e. The van der Waals surface area contributed by atoms with Crippen LogP contribution in [0.3, 0.4) is 0 Å². The Balaban J connectivity index is 1.33. The van der Waals surface area contributed by atoms with Crippen LogP contribution in [0.25, 0.3) is 0 Å². The average Bonchev–Trinajstić information content (AvgIpc) is 2.85. The minimum atomic E-state index is -0.504. The van der Waals surface area contributed by atoms with Gasteiger partial charge >= 0.3 is 11.9 Å². The van der Waals surface area contributed by atoms with Crippen LogP contribution in [0.2, 0.25) is 0 Å². The first-order chi connectivity index (χ1) is 17.0. The SMILES string of the molecule is Cc1ccc(OCCOCC(=O)OCCOCCOC(=O)COCCOc2ccc(N)cc2)cc1. The number of carbonyl (C=O) groups is 2. The van der Waals surface area contributed by atoms with Crippen LogP contribution in [0, 0.1) is 6.92 Å². The number of ether oxygens (including phenoxy) is 7. The summed E-state index contributed by atoms with van der Waals surface area (Å²) in [7, 11) is 0. The molecule has 0 aliphatic carbocycles. The number of nitrogens with two attached hydrogens (primary N) is 1. The van der Waals surface area contributed by atoms with E-state index in [1.807, 2.05) is 31.2 Å². The van der Waals surface area contributed by atoms with Crippen LogP contribution >= 0.6 is 0 Å². The van der Waals surface area contributed by atoms with Crippen molar-refractivity contribution in [3.63, 3.8) is 0 Å². The number of nitrogen functional groups attached to an aromatic ring is 1. The molecule has 0 unspecified atom stereocenters. The van der Waals surface area contributed by atoms with Gasteiger partial charge in [-0.1, -0.05) is 17.7 Å². The van der Waals surface area contributed by atoms with Crippen molar-refractivity contribution in [2.75, 3.05) is 71.8 Å². The van der Waals surface area contributed by atoms with Gasteiger partial charge in [0.1, 0.15) is 51.1 Å². The van der Waals surface area contributed by atoms with Gasteiger partial charge in [0.25, 0.3) is 0 Å². The van der Waals surface area contributed by atoms with Gasteiger partial charge in [-0.2, -0.15) is 0 Å². The predicted octanol–water partition coefficient (Wildman–Crippen LogP) is 2.17. The maximum absolute atomic E-state index is 11.6. The molecule has 0 radical (unpaired) electrons. The zero-order valence-electron chi connectivity index (χ0n) is 19.9. The lowest BCUT2D eigenvalue weighted by atomic mass is 10.2. The number of hydrogen-bond acceptors (Lipinski definition) is 10. The third kappa shape index (κ3) is 13.8. The number of aryl methyl sites for hydroxylation is 1. The van der Waals surface area contributed by atoms with E-state index in [0.29, 0.717) is 24.7 Å². The first kappa shape index (κ1) is 27.9. The van der Waals surface area contributed by atoms with Gasteiger partial charge in [0, 0.05) is 5.69 Å². The Bertz CT molecular complexity index is 785. The van der Waals surface area contributed by atoms with Gasteiger partial charge in [0.2, 0.25) is 0 Å². The summed E-state index contributed by atoms with van der Waals surface area (Å²) >= 11 is 0. The summed E-state index contributed by atoms with van der Waals surface area (Å²) in [5.41, 5.74) is 7.40. The third-order valence-corrected chi connectivity index (χ3v) is 4.32. The van der Waals surface area contributed by atoms with Crippen molar-refractivity contribution in [2.24, 2.45) is 0 Å². The molecular weight excluding hydrogens is 458 g/mol. The van der Waals surface area contributed by atoms with Crippen LogP contribution in [-0.4, -0.2) is 78.0 Å². The van der Waals surface area contributed by atoms with E-state index >= 15 is 0 Å². The maximum atomic E-state index is 11.6.